The van der Waals surface area contributed by atoms with E-state index in [-0.39, 0.29) is 0 Å². The summed E-state index contributed by atoms with van der Waals surface area (Å²) in [5.74, 6) is 0. The maximum atomic E-state index is 12.1. The van der Waals surface area contributed by atoms with E-state index in [4.69, 9.17) is 5.73 Å². The Kier molecular flexibility index (Phi) is 2.27. The van der Waals surface area contributed by atoms with Crippen LogP contribution in [0.3, 0.4) is 0 Å². The lowest BCUT2D eigenvalue weighted by Gasteiger charge is -2.01. The molecule has 0 saturated heterocycles. The SMILES string of the molecule is Nc1cccc(Br)c1CF. The molecule has 0 amide bonds. The molecule has 0 aliphatic rings. The van der Waals surface area contributed by atoms with Gasteiger partial charge in [-0.25, -0.2) is 4.39 Å². The van der Waals surface area contributed by atoms with Crippen LogP contribution in [-0.2, 0) is 6.67 Å². The van der Waals surface area contributed by atoms with Crippen molar-refractivity contribution >= 4 is 21.6 Å². The van der Waals surface area contributed by atoms with Gasteiger partial charge in [0, 0.05) is 15.7 Å². The first-order chi connectivity index (χ1) is 4.75. The third-order valence-corrected chi connectivity index (χ3v) is 2.03. The largest absolute Gasteiger partial charge is 0.398 e. The highest BCUT2D eigenvalue weighted by Crippen LogP contribution is 2.22. The lowest BCUT2D eigenvalue weighted by Crippen LogP contribution is -1.91. The Bertz CT molecular complexity index is 217. The minimum absolute atomic E-state index is 0.497. The molecule has 0 saturated carbocycles. The van der Waals surface area contributed by atoms with Gasteiger partial charge in [-0.05, 0) is 12.1 Å². The molecule has 2 N–H and O–H groups in total. The molecule has 10 heavy (non-hydrogen) atoms. The smallest absolute Gasteiger partial charge is 0.118 e. The molecule has 54 valence electrons. The Morgan fingerprint density at radius 3 is 2.60 bits per heavy atom. The summed E-state index contributed by atoms with van der Waals surface area (Å²) in [5, 5.41) is 0. The second-order valence-corrected chi connectivity index (χ2v) is 2.80. The number of benzene rings is 1. The molecule has 3 heteroatoms. The van der Waals surface area contributed by atoms with E-state index in [0.29, 0.717) is 11.3 Å². The van der Waals surface area contributed by atoms with Crippen molar-refractivity contribution in [1.29, 1.82) is 0 Å². The molecule has 1 aromatic carbocycles. The van der Waals surface area contributed by atoms with Crippen molar-refractivity contribution < 1.29 is 4.39 Å². The summed E-state index contributed by atoms with van der Waals surface area (Å²) in [5.41, 5.74) is 6.49. The van der Waals surface area contributed by atoms with Gasteiger partial charge in [-0.1, -0.05) is 22.0 Å². The molecule has 0 unspecified atom stereocenters. The standard InChI is InChI=1S/C7H7BrFN/c8-6-2-1-3-7(10)5(6)4-9/h1-3H,4,10H2. The molecule has 0 fully saturated rings. The fourth-order valence-electron chi connectivity index (χ4n) is 0.716. The van der Waals surface area contributed by atoms with Crippen molar-refractivity contribution in [2.24, 2.45) is 0 Å². The average Bonchev–Trinajstić information content (AvgIpc) is 1.88. The van der Waals surface area contributed by atoms with Crippen LogP contribution in [0.1, 0.15) is 5.56 Å². The molecular weight excluding hydrogens is 197 g/mol. The van der Waals surface area contributed by atoms with Gasteiger partial charge >= 0.3 is 0 Å². The first kappa shape index (κ1) is 7.54. The molecule has 0 bridgehead atoms. The van der Waals surface area contributed by atoms with E-state index < -0.39 is 6.67 Å². The topological polar surface area (TPSA) is 26.0 Å². The van der Waals surface area contributed by atoms with Crippen molar-refractivity contribution in [2.45, 2.75) is 6.67 Å². The third-order valence-electron chi connectivity index (χ3n) is 1.29. The number of hydrogen-bond acceptors (Lipinski definition) is 1. The number of anilines is 1. The van der Waals surface area contributed by atoms with Gasteiger partial charge in [-0.15, -0.1) is 0 Å². The van der Waals surface area contributed by atoms with Crippen molar-refractivity contribution in [1.82, 2.24) is 0 Å². The van der Waals surface area contributed by atoms with Gasteiger partial charge in [-0.2, -0.15) is 0 Å². The Balaban J connectivity index is 3.17. The van der Waals surface area contributed by atoms with E-state index in [1.807, 2.05) is 0 Å². The molecule has 0 aromatic heterocycles. The monoisotopic (exact) mass is 203 g/mol. The van der Waals surface area contributed by atoms with Crippen LogP contribution in [0.15, 0.2) is 22.7 Å². The van der Waals surface area contributed by atoms with E-state index in [0.717, 1.165) is 4.47 Å². The second-order valence-electron chi connectivity index (χ2n) is 1.94. The van der Waals surface area contributed by atoms with Gasteiger partial charge < -0.3 is 5.73 Å². The molecule has 1 rings (SSSR count). The third kappa shape index (κ3) is 1.29. The maximum absolute atomic E-state index is 12.1. The summed E-state index contributed by atoms with van der Waals surface area (Å²) in [7, 11) is 0. The lowest BCUT2D eigenvalue weighted by atomic mass is 10.2. The van der Waals surface area contributed by atoms with Crippen LogP contribution in [-0.4, -0.2) is 0 Å². The van der Waals surface area contributed by atoms with Crippen LogP contribution < -0.4 is 5.73 Å². The number of nitrogen functional groups attached to an aromatic ring is 1. The molecule has 0 heterocycles. The minimum Gasteiger partial charge on any atom is -0.398 e. The zero-order valence-corrected chi connectivity index (χ0v) is 6.86. The molecule has 0 radical (unpaired) electrons. The Morgan fingerprint density at radius 1 is 1.50 bits per heavy atom. The Labute approximate surface area is 67.2 Å². The van der Waals surface area contributed by atoms with Gasteiger partial charge in [0.2, 0.25) is 0 Å². The predicted molar refractivity (Wildman–Crippen MR) is 43.4 cm³/mol. The first-order valence-electron chi connectivity index (χ1n) is 2.84. The summed E-state index contributed by atoms with van der Waals surface area (Å²) in [4.78, 5) is 0. The lowest BCUT2D eigenvalue weighted by molar-refractivity contribution is 0.485. The quantitative estimate of drug-likeness (QED) is 0.698. The van der Waals surface area contributed by atoms with E-state index in [2.05, 4.69) is 15.9 Å². The van der Waals surface area contributed by atoms with Crippen molar-refractivity contribution in [3.05, 3.63) is 28.2 Å². The molecule has 0 aliphatic carbocycles. The summed E-state index contributed by atoms with van der Waals surface area (Å²) in [6, 6.07) is 5.23. The summed E-state index contributed by atoms with van der Waals surface area (Å²) in [6.07, 6.45) is 0. The van der Waals surface area contributed by atoms with Gasteiger partial charge in [0.25, 0.3) is 0 Å². The maximum Gasteiger partial charge on any atom is 0.118 e. The highest BCUT2D eigenvalue weighted by atomic mass is 79.9. The van der Waals surface area contributed by atoms with E-state index in [1.165, 1.54) is 0 Å². The highest BCUT2D eigenvalue weighted by Gasteiger charge is 2.01. The van der Waals surface area contributed by atoms with Crippen LogP contribution in [0.4, 0.5) is 10.1 Å². The fourth-order valence-corrected chi connectivity index (χ4v) is 1.20. The summed E-state index contributed by atoms with van der Waals surface area (Å²) in [6.45, 7) is -0.521. The predicted octanol–water partition coefficient (Wildman–Crippen LogP) is 2.50. The fraction of sp³-hybridized carbons (Fsp3) is 0.143. The highest BCUT2D eigenvalue weighted by molar-refractivity contribution is 9.10. The van der Waals surface area contributed by atoms with Gasteiger partial charge in [-0.3, -0.25) is 0 Å². The number of alkyl halides is 1. The molecule has 0 spiro atoms. The number of rotatable bonds is 1. The molecule has 0 aliphatic heterocycles. The average molecular weight is 204 g/mol. The number of halogens is 2. The van der Waals surface area contributed by atoms with Gasteiger partial charge in [0.1, 0.15) is 6.67 Å². The number of nitrogens with two attached hydrogens (primary N) is 1. The van der Waals surface area contributed by atoms with Gasteiger partial charge in [0.15, 0.2) is 0 Å². The van der Waals surface area contributed by atoms with Crippen LogP contribution in [0.25, 0.3) is 0 Å². The number of hydrogen-bond donors (Lipinski definition) is 1. The summed E-state index contributed by atoms with van der Waals surface area (Å²) >= 11 is 3.19. The van der Waals surface area contributed by atoms with Crippen LogP contribution in [0.2, 0.25) is 0 Å². The minimum atomic E-state index is -0.521. The van der Waals surface area contributed by atoms with Crippen LogP contribution >= 0.6 is 15.9 Å². The van der Waals surface area contributed by atoms with Crippen LogP contribution in [0, 0.1) is 0 Å². The van der Waals surface area contributed by atoms with E-state index >= 15 is 0 Å². The Morgan fingerprint density at radius 2 is 2.20 bits per heavy atom. The van der Waals surface area contributed by atoms with Crippen LogP contribution in [0.5, 0.6) is 0 Å². The molecular formula is C7H7BrFN. The molecule has 1 nitrogen and oxygen atoms in total. The van der Waals surface area contributed by atoms with E-state index in [9.17, 15) is 4.39 Å². The molecule has 0 atom stereocenters. The summed E-state index contributed by atoms with van der Waals surface area (Å²) < 4.78 is 12.9. The zero-order valence-electron chi connectivity index (χ0n) is 5.27. The van der Waals surface area contributed by atoms with Gasteiger partial charge in [0.05, 0.1) is 0 Å². The van der Waals surface area contributed by atoms with E-state index in [1.54, 1.807) is 18.2 Å². The molecule has 1 aromatic rings. The van der Waals surface area contributed by atoms with Crippen molar-refractivity contribution in [3.8, 4) is 0 Å². The zero-order chi connectivity index (χ0) is 7.56. The van der Waals surface area contributed by atoms with Crippen molar-refractivity contribution in [2.75, 3.05) is 5.73 Å². The Hall–Kier alpha value is -0.570. The second kappa shape index (κ2) is 3.01. The first-order valence-corrected chi connectivity index (χ1v) is 3.64. The van der Waals surface area contributed by atoms with Crippen molar-refractivity contribution in [3.63, 3.8) is 0 Å². The normalized spacial score (nSPS) is 9.80.